The summed E-state index contributed by atoms with van der Waals surface area (Å²) in [7, 11) is 1.52. The van der Waals surface area contributed by atoms with Crippen LogP contribution in [0.1, 0.15) is 29.9 Å². The lowest BCUT2D eigenvalue weighted by Crippen LogP contribution is -2.42. The normalized spacial score (nSPS) is 18.2. The van der Waals surface area contributed by atoms with Crippen molar-refractivity contribution < 1.29 is 28.7 Å². The predicted octanol–water partition coefficient (Wildman–Crippen LogP) is 1.13. The Balaban J connectivity index is 1.72. The molecule has 0 bridgehead atoms. The van der Waals surface area contributed by atoms with Crippen molar-refractivity contribution in [1.82, 2.24) is 19.8 Å². The quantitative estimate of drug-likeness (QED) is 0.489. The molecule has 11 nitrogen and oxygen atoms in total. The maximum atomic E-state index is 12.9. The van der Waals surface area contributed by atoms with Gasteiger partial charge >= 0.3 is 12.0 Å². The Morgan fingerprint density at radius 3 is 2.60 bits per heavy atom. The van der Waals surface area contributed by atoms with Crippen molar-refractivity contribution >= 4 is 40.3 Å². The predicted molar refractivity (Wildman–Crippen MR) is 105 cm³/mol. The molecule has 1 aromatic heterocycles. The number of esters is 1. The number of rotatable bonds is 7. The highest BCUT2D eigenvalue weighted by Crippen LogP contribution is 2.30. The Morgan fingerprint density at radius 2 is 1.97 bits per heavy atom. The molecule has 1 saturated heterocycles. The van der Waals surface area contributed by atoms with Gasteiger partial charge in [-0.25, -0.2) is 9.59 Å². The molecule has 1 unspecified atom stereocenters. The molecule has 3 rings (SSSR count). The minimum absolute atomic E-state index is 0.0726. The van der Waals surface area contributed by atoms with Gasteiger partial charge in [0.15, 0.2) is 5.00 Å². The van der Waals surface area contributed by atoms with Crippen LogP contribution in [-0.2, 0) is 19.9 Å². The number of ether oxygens (including phenoxy) is 2. The highest BCUT2D eigenvalue weighted by molar-refractivity contribution is 7.10. The zero-order valence-corrected chi connectivity index (χ0v) is 17.2. The molecule has 0 aliphatic carbocycles. The minimum Gasteiger partial charge on any atom is -0.497 e. The summed E-state index contributed by atoms with van der Waals surface area (Å²) >= 11 is 0.782. The van der Waals surface area contributed by atoms with Crippen LogP contribution >= 0.6 is 11.5 Å². The van der Waals surface area contributed by atoms with Gasteiger partial charge in [-0.15, -0.1) is 5.10 Å². The number of aromatic nitrogens is 2. The highest BCUT2D eigenvalue weighted by atomic mass is 32.1. The first-order valence-electron chi connectivity index (χ1n) is 8.88. The van der Waals surface area contributed by atoms with Gasteiger partial charge in [0.2, 0.25) is 11.6 Å². The molecular formula is C18H19N5O6S. The zero-order valence-electron chi connectivity index (χ0n) is 16.4. The molecule has 0 saturated carbocycles. The second-order valence-corrected chi connectivity index (χ2v) is 7.15. The molecule has 1 aliphatic heterocycles. The van der Waals surface area contributed by atoms with E-state index in [0.717, 1.165) is 16.4 Å². The Morgan fingerprint density at radius 1 is 1.27 bits per heavy atom. The number of hydrogen-bond donors (Lipinski definition) is 2. The Bertz CT molecular complexity index is 991. The van der Waals surface area contributed by atoms with E-state index in [-0.39, 0.29) is 17.3 Å². The van der Waals surface area contributed by atoms with Crippen LogP contribution in [0.15, 0.2) is 24.3 Å². The van der Waals surface area contributed by atoms with Crippen LogP contribution in [0.25, 0.3) is 0 Å². The van der Waals surface area contributed by atoms with Crippen LogP contribution < -0.4 is 15.4 Å². The van der Waals surface area contributed by atoms with E-state index in [0.29, 0.717) is 11.3 Å². The fraction of sp³-hybridized carbons (Fsp3) is 0.333. The molecule has 30 heavy (non-hydrogen) atoms. The Labute approximate surface area is 175 Å². The van der Waals surface area contributed by atoms with Crippen LogP contribution in [0.3, 0.4) is 0 Å². The van der Waals surface area contributed by atoms with Gasteiger partial charge in [0.1, 0.15) is 17.8 Å². The summed E-state index contributed by atoms with van der Waals surface area (Å²) in [5, 5.41) is 8.77. The van der Waals surface area contributed by atoms with Gasteiger partial charge in [-0.1, -0.05) is 16.6 Å². The van der Waals surface area contributed by atoms with Gasteiger partial charge in [-0.3, -0.25) is 14.5 Å². The van der Waals surface area contributed by atoms with Crippen molar-refractivity contribution in [1.29, 1.82) is 0 Å². The summed E-state index contributed by atoms with van der Waals surface area (Å²) < 4.78 is 13.6. The molecule has 12 heteroatoms. The van der Waals surface area contributed by atoms with Crippen molar-refractivity contribution in [3.63, 3.8) is 0 Å². The molecule has 1 atom stereocenters. The molecule has 1 aliphatic rings. The van der Waals surface area contributed by atoms with Gasteiger partial charge in [0, 0.05) is 11.5 Å². The van der Waals surface area contributed by atoms with Gasteiger partial charge in [0.25, 0.3) is 5.91 Å². The number of nitrogens with zero attached hydrogens (tertiary/aromatic N) is 3. The third-order valence-corrected chi connectivity index (χ3v) is 5.10. The second kappa shape index (κ2) is 8.45. The maximum Gasteiger partial charge on any atom is 0.362 e. The lowest BCUT2D eigenvalue weighted by atomic mass is 9.92. The average molecular weight is 433 g/mol. The summed E-state index contributed by atoms with van der Waals surface area (Å²) in [5.41, 5.74) is -0.928. The van der Waals surface area contributed by atoms with E-state index in [1.165, 1.54) is 7.11 Å². The fourth-order valence-electron chi connectivity index (χ4n) is 2.88. The smallest absolute Gasteiger partial charge is 0.362 e. The van der Waals surface area contributed by atoms with Crippen LogP contribution in [0.5, 0.6) is 5.75 Å². The molecule has 1 aromatic carbocycles. The van der Waals surface area contributed by atoms with Gasteiger partial charge in [-0.2, -0.15) is 0 Å². The van der Waals surface area contributed by atoms with Crippen LogP contribution in [0.4, 0.5) is 9.80 Å². The number of imide groups is 1. The first-order valence-corrected chi connectivity index (χ1v) is 9.65. The largest absolute Gasteiger partial charge is 0.497 e. The highest BCUT2D eigenvalue weighted by Gasteiger charge is 2.49. The third kappa shape index (κ3) is 3.94. The number of anilines is 1. The van der Waals surface area contributed by atoms with Crippen molar-refractivity contribution in [3.8, 4) is 5.75 Å². The van der Waals surface area contributed by atoms with E-state index < -0.39 is 35.9 Å². The molecule has 0 spiro atoms. The van der Waals surface area contributed by atoms with Crippen molar-refractivity contribution in [3.05, 3.63) is 35.5 Å². The zero-order chi connectivity index (χ0) is 21.9. The van der Waals surface area contributed by atoms with E-state index in [1.807, 2.05) is 0 Å². The van der Waals surface area contributed by atoms with Gasteiger partial charge in [-0.05, 0) is 31.5 Å². The van der Waals surface area contributed by atoms with E-state index >= 15 is 0 Å². The topological polar surface area (TPSA) is 140 Å². The lowest BCUT2D eigenvalue weighted by molar-refractivity contribution is -0.133. The summed E-state index contributed by atoms with van der Waals surface area (Å²) in [6, 6.07) is 5.96. The average Bonchev–Trinajstić information content (AvgIpc) is 3.27. The standard InChI is InChI=1S/C18H19N5O6S/c1-4-29-15(25)13-14(30-22-21-13)19-12(24)9-23-16(26)18(2,20-17(23)27)10-5-7-11(28-3)8-6-10/h5-8H,4,9H2,1-3H3,(H,19,24)(H,20,27). The number of carbonyl (C=O) groups is 4. The van der Waals surface area contributed by atoms with Crippen LogP contribution in [0.2, 0.25) is 0 Å². The first kappa shape index (κ1) is 21.2. The number of urea groups is 1. The maximum absolute atomic E-state index is 12.9. The van der Waals surface area contributed by atoms with Crippen LogP contribution in [0, 0.1) is 0 Å². The van der Waals surface area contributed by atoms with Gasteiger partial charge in [0.05, 0.1) is 13.7 Å². The molecule has 1 fully saturated rings. The van der Waals surface area contributed by atoms with Crippen molar-refractivity contribution in [2.75, 3.05) is 25.6 Å². The van der Waals surface area contributed by atoms with E-state index in [1.54, 1.807) is 38.1 Å². The second-order valence-electron chi connectivity index (χ2n) is 6.39. The minimum atomic E-state index is -1.33. The molecule has 0 radical (unpaired) electrons. The van der Waals surface area contributed by atoms with Crippen molar-refractivity contribution in [2.24, 2.45) is 0 Å². The first-order chi connectivity index (χ1) is 14.3. The number of amides is 4. The van der Waals surface area contributed by atoms with Gasteiger partial charge < -0.3 is 20.1 Å². The summed E-state index contributed by atoms with van der Waals surface area (Å²) in [6.07, 6.45) is 0. The van der Waals surface area contributed by atoms with E-state index in [4.69, 9.17) is 9.47 Å². The van der Waals surface area contributed by atoms with Crippen molar-refractivity contribution in [2.45, 2.75) is 19.4 Å². The molecule has 4 amide bonds. The monoisotopic (exact) mass is 433 g/mol. The van der Waals surface area contributed by atoms with E-state index in [9.17, 15) is 19.2 Å². The summed E-state index contributed by atoms with van der Waals surface area (Å²) in [5.74, 6) is -1.40. The number of nitrogens with one attached hydrogen (secondary N) is 2. The Kier molecular flexibility index (Phi) is 5.96. The number of methoxy groups -OCH3 is 1. The molecule has 2 heterocycles. The molecule has 2 aromatic rings. The summed E-state index contributed by atoms with van der Waals surface area (Å²) in [6.45, 7) is 2.78. The SMILES string of the molecule is CCOC(=O)c1nnsc1NC(=O)CN1C(=O)NC(C)(c2ccc(OC)cc2)C1=O. The lowest BCUT2D eigenvalue weighted by Gasteiger charge is -2.22. The summed E-state index contributed by atoms with van der Waals surface area (Å²) in [4.78, 5) is 50.4. The van der Waals surface area contributed by atoms with E-state index in [2.05, 4.69) is 20.2 Å². The third-order valence-electron chi connectivity index (χ3n) is 4.45. The number of benzene rings is 1. The molecule has 158 valence electrons. The Hall–Kier alpha value is -3.54. The number of hydrogen-bond acceptors (Lipinski definition) is 9. The van der Waals surface area contributed by atoms with Crippen LogP contribution in [-0.4, -0.2) is 58.6 Å². The molecule has 2 N–H and O–H groups in total. The number of carbonyl (C=O) groups excluding carboxylic acids is 4. The molecular weight excluding hydrogens is 414 g/mol. The fourth-order valence-corrected chi connectivity index (χ4v) is 3.45.